The van der Waals surface area contributed by atoms with Gasteiger partial charge in [0.2, 0.25) is 0 Å². The first kappa shape index (κ1) is 11.8. The molecule has 2 rings (SSSR count). The van der Waals surface area contributed by atoms with Crippen LogP contribution in [0, 0.1) is 0 Å². The fourth-order valence-corrected chi connectivity index (χ4v) is 3.66. The van der Waals surface area contributed by atoms with Crippen molar-refractivity contribution in [3.63, 3.8) is 0 Å². The third-order valence-electron chi connectivity index (χ3n) is 2.42. The van der Waals surface area contributed by atoms with Gasteiger partial charge in [0.05, 0.1) is 0 Å². The van der Waals surface area contributed by atoms with Gasteiger partial charge in [-0.15, -0.1) is 0 Å². The van der Waals surface area contributed by atoms with Gasteiger partial charge in [-0.1, -0.05) is 60.7 Å². The monoisotopic (exact) mass is 243 g/mol. The first-order valence-corrected chi connectivity index (χ1v) is 6.87. The Balaban J connectivity index is 2.36. The van der Waals surface area contributed by atoms with Crippen molar-refractivity contribution in [1.29, 1.82) is 0 Å². The van der Waals surface area contributed by atoms with Gasteiger partial charge >= 0.3 is 0 Å². The van der Waals surface area contributed by atoms with Gasteiger partial charge in [0.15, 0.2) is 0 Å². The topological polar surface area (TPSA) is 40.1 Å². The Bertz CT molecular complexity index is 443. The Labute approximate surface area is 102 Å². The molecule has 0 N–H and O–H groups in total. The standard InChI is InChI=1S/C14H13O2P/c15-14(16)11-17(12-7-3-1-4-8-12)13-9-5-2-6-10-13/h1-10H,11H2,(H,15,16)/p-1. The van der Waals surface area contributed by atoms with Gasteiger partial charge in [0.1, 0.15) is 0 Å². The van der Waals surface area contributed by atoms with E-state index in [1.165, 1.54) is 0 Å². The van der Waals surface area contributed by atoms with Gasteiger partial charge in [-0.25, -0.2) is 0 Å². The minimum Gasteiger partial charge on any atom is -0.550 e. The van der Waals surface area contributed by atoms with Crippen molar-refractivity contribution in [2.75, 3.05) is 6.16 Å². The van der Waals surface area contributed by atoms with E-state index in [9.17, 15) is 9.90 Å². The zero-order valence-electron chi connectivity index (χ0n) is 9.24. The second-order valence-corrected chi connectivity index (χ2v) is 5.83. The normalized spacial score (nSPS) is 10.4. The molecule has 17 heavy (non-hydrogen) atoms. The molecule has 0 spiro atoms. The van der Waals surface area contributed by atoms with E-state index < -0.39 is 13.9 Å². The number of aliphatic carboxylic acids is 1. The molecule has 0 aliphatic heterocycles. The number of carboxylic acids is 1. The van der Waals surface area contributed by atoms with Crippen molar-refractivity contribution in [1.82, 2.24) is 0 Å². The zero-order valence-corrected chi connectivity index (χ0v) is 10.1. The molecule has 0 heterocycles. The highest BCUT2D eigenvalue weighted by molar-refractivity contribution is 7.73. The van der Waals surface area contributed by atoms with Crippen LogP contribution in [0.1, 0.15) is 0 Å². The van der Waals surface area contributed by atoms with Crippen LogP contribution in [0.4, 0.5) is 0 Å². The summed E-state index contributed by atoms with van der Waals surface area (Å²) in [4.78, 5) is 10.9. The average molecular weight is 243 g/mol. The predicted octanol–water partition coefficient (Wildman–Crippen LogP) is 0.869. The molecule has 0 aliphatic rings. The third kappa shape index (κ3) is 3.15. The molecule has 0 saturated carbocycles. The van der Waals surface area contributed by atoms with Crippen LogP contribution in [-0.4, -0.2) is 12.1 Å². The second-order valence-electron chi connectivity index (χ2n) is 3.63. The highest BCUT2D eigenvalue weighted by atomic mass is 31.1. The van der Waals surface area contributed by atoms with Gasteiger partial charge in [-0.2, -0.15) is 0 Å². The Morgan fingerprint density at radius 2 is 1.29 bits per heavy atom. The molecule has 2 aromatic rings. The Hall–Kier alpha value is -1.66. The molecule has 2 aromatic carbocycles. The van der Waals surface area contributed by atoms with E-state index in [-0.39, 0.29) is 6.16 Å². The summed E-state index contributed by atoms with van der Waals surface area (Å²) < 4.78 is 0. The molecule has 0 saturated heterocycles. The van der Waals surface area contributed by atoms with Gasteiger partial charge in [0, 0.05) is 12.1 Å². The van der Waals surface area contributed by atoms with E-state index in [0.29, 0.717) is 0 Å². The molecule has 0 aliphatic carbocycles. The van der Waals surface area contributed by atoms with Crippen LogP contribution in [0.3, 0.4) is 0 Å². The van der Waals surface area contributed by atoms with Crippen LogP contribution in [0.5, 0.6) is 0 Å². The molecular weight excluding hydrogens is 231 g/mol. The molecule has 0 atom stereocenters. The van der Waals surface area contributed by atoms with E-state index in [4.69, 9.17) is 0 Å². The first-order valence-electron chi connectivity index (χ1n) is 5.35. The maximum Gasteiger partial charge on any atom is 0.0463 e. The molecule has 2 nitrogen and oxygen atoms in total. The molecule has 0 amide bonds. The predicted molar refractivity (Wildman–Crippen MR) is 68.9 cm³/mol. The van der Waals surface area contributed by atoms with Crippen LogP contribution < -0.4 is 15.7 Å². The van der Waals surface area contributed by atoms with Crippen molar-refractivity contribution < 1.29 is 9.90 Å². The molecule has 86 valence electrons. The number of benzene rings is 2. The first-order chi connectivity index (χ1) is 8.27. The lowest BCUT2D eigenvalue weighted by atomic mass is 10.4. The summed E-state index contributed by atoms with van der Waals surface area (Å²) in [7, 11) is -0.852. The molecule has 0 aromatic heterocycles. The van der Waals surface area contributed by atoms with E-state index in [2.05, 4.69) is 0 Å². The summed E-state index contributed by atoms with van der Waals surface area (Å²) in [6, 6.07) is 19.5. The maximum atomic E-state index is 10.9. The minimum absolute atomic E-state index is 0.0728. The lowest BCUT2D eigenvalue weighted by molar-refractivity contribution is -0.301. The third-order valence-corrected chi connectivity index (χ3v) is 4.84. The number of carbonyl (C=O) groups excluding carboxylic acids is 1. The number of hydrogen-bond donors (Lipinski definition) is 0. The van der Waals surface area contributed by atoms with Crippen molar-refractivity contribution in [3.8, 4) is 0 Å². The van der Waals surface area contributed by atoms with Crippen molar-refractivity contribution in [2.24, 2.45) is 0 Å². The Kier molecular flexibility index (Phi) is 3.89. The molecule has 0 fully saturated rings. The number of hydrogen-bond acceptors (Lipinski definition) is 2. The SMILES string of the molecule is O=C([O-])CP(c1ccccc1)c1ccccc1. The fourth-order valence-electron chi connectivity index (χ4n) is 1.68. The zero-order chi connectivity index (χ0) is 12.1. The van der Waals surface area contributed by atoms with E-state index >= 15 is 0 Å². The summed E-state index contributed by atoms with van der Waals surface area (Å²) in [5.74, 6) is -0.996. The van der Waals surface area contributed by atoms with Crippen molar-refractivity contribution in [2.45, 2.75) is 0 Å². The number of rotatable bonds is 4. The van der Waals surface area contributed by atoms with Crippen LogP contribution >= 0.6 is 7.92 Å². The largest absolute Gasteiger partial charge is 0.550 e. The van der Waals surface area contributed by atoms with Crippen LogP contribution in [0.15, 0.2) is 60.7 Å². The average Bonchev–Trinajstić information content (AvgIpc) is 2.38. The highest BCUT2D eigenvalue weighted by Crippen LogP contribution is 2.32. The second kappa shape index (κ2) is 5.60. The van der Waals surface area contributed by atoms with Crippen LogP contribution in [0.25, 0.3) is 0 Å². The van der Waals surface area contributed by atoms with E-state index in [0.717, 1.165) is 10.6 Å². The van der Waals surface area contributed by atoms with Crippen LogP contribution in [0.2, 0.25) is 0 Å². The Morgan fingerprint density at radius 3 is 1.65 bits per heavy atom. The lowest BCUT2D eigenvalue weighted by Gasteiger charge is -2.18. The Morgan fingerprint density at radius 1 is 0.882 bits per heavy atom. The molecular formula is C14H12O2P-. The molecule has 0 unspecified atom stereocenters. The highest BCUT2D eigenvalue weighted by Gasteiger charge is 2.12. The molecule has 3 heteroatoms. The van der Waals surface area contributed by atoms with Gasteiger partial charge in [-0.05, 0) is 18.5 Å². The summed E-state index contributed by atoms with van der Waals surface area (Å²) in [6.45, 7) is 0. The summed E-state index contributed by atoms with van der Waals surface area (Å²) in [6.07, 6.45) is 0.0728. The molecule has 0 radical (unpaired) electrons. The van der Waals surface area contributed by atoms with Crippen molar-refractivity contribution in [3.05, 3.63) is 60.7 Å². The van der Waals surface area contributed by atoms with Gasteiger partial charge in [0.25, 0.3) is 0 Å². The lowest BCUT2D eigenvalue weighted by Crippen LogP contribution is -2.29. The summed E-state index contributed by atoms with van der Waals surface area (Å²) >= 11 is 0. The van der Waals surface area contributed by atoms with E-state index in [1.54, 1.807) is 0 Å². The minimum atomic E-state index is -0.996. The maximum absolute atomic E-state index is 10.9. The number of carboxylic acid groups (broad SMARTS) is 1. The fraction of sp³-hybridized carbons (Fsp3) is 0.0714. The number of carbonyl (C=O) groups is 1. The summed E-state index contributed by atoms with van der Waals surface area (Å²) in [5.41, 5.74) is 0. The quantitative estimate of drug-likeness (QED) is 0.747. The van der Waals surface area contributed by atoms with Crippen molar-refractivity contribution >= 4 is 24.5 Å². The van der Waals surface area contributed by atoms with Crippen LogP contribution in [-0.2, 0) is 4.79 Å². The molecule has 0 bridgehead atoms. The smallest absolute Gasteiger partial charge is 0.0463 e. The van der Waals surface area contributed by atoms with E-state index in [1.807, 2.05) is 60.7 Å². The van der Waals surface area contributed by atoms with Gasteiger partial charge in [-0.3, -0.25) is 0 Å². The van der Waals surface area contributed by atoms with Gasteiger partial charge < -0.3 is 9.90 Å². The summed E-state index contributed by atoms with van der Waals surface area (Å²) in [5, 5.41) is 13.0.